The molecule has 1 saturated carbocycles. The lowest BCUT2D eigenvalue weighted by Crippen LogP contribution is -2.59. The first-order valence-corrected chi connectivity index (χ1v) is 13.9. The van der Waals surface area contributed by atoms with Crippen molar-refractivity contribution in [2.24, 2.45) is 5.92 Å². The second-order valence-corrected chi connectivity index (χ2v) is 11.0. The van der Waals surface area contributed by atoms with E-state index in [1.807, 2.05) is 32.0 Å². The fraction of sp³-hybridized carbons (Fsp3) is 0.600. The predicted octanol–water partition coefficient (Wildman–Crippen LogP) is 4.76. The number of benzene rings is 1. The number of esters is 1. The zero-order valence-electron chi connectivity index (χ0n) is 24.2. The number of carbonyl (C=O) groups is 4. The minimum atomic E-state index is -0.961. The predicted molar refractivity (Wildman–Crippen MR) is 151 cm³/mol. The van der Waals surface area contributed by atoms with Crippen molar-refractivity contribution in [2.45, 2.75) is 97.4 Å². The van der Waals surface area contributed by atoms with E-state index in [2.05, 4.69) is 17.2 Å². The highest BCUT2D eigenvalue weighted by Gasteiger charge is 2.43. The lowest BCUT2D eigenvalue weighted by atomic mass is 9.86. The lowest BCUT2D eigenvalue weighted by molar-refractivity contribution is -0.149. The van der Waals surface area contributed by atoms with Crippen molar-refractivity contribution in [1.82, 2.24) is 15.5 Å². The standard InChI is InChI=1S/C30H45N3O6/c1-8-20(4)25(32-29(37)39-30(5,6)7)28(36)33(23-15-12-16-23)26(22-14-11-13-21(9-2)19-22)27(35)31-18-17-24(34)38-10-3/h9,11,13-14,19-20,23,25-26H,2,8,10,12,15-18H2,1,3-7H3,(H,31,35)(H,32,37). The molecule has 0 spiro atoms. The Morgan fingerprint density at radius 1 is 1.18 bits per heavy atom. The molecule has 0 aliphatic heterocycles. The van der Waals surface area contributed by atoms with Gasteiger partial charge in [0.15, 0.2) is 0 Å². The molecular weight excluding hydrogens is 498 g/mol. The van der Waals surface area contributed by atoms with Gasteiger partial charge in [0.1, 0.15) is 17.7 Å². The summed E-state index contributed by atoms with van der Waals surface area (Å²) in [6, 6.07) is 5.31. The second kappa shape index (κ2) is 14.7. The Kier molecular flexibility index (Phi) is 12.0. The van der Waals surface area contributed by atoms with Crippen LogP contribution in [0.4, 0.5) is 4.79 Å². The van der Waals surface area contributed by atoms with Crippen LogP contribution >= 0.6 is 0 Å². The van der Waals surface area contributed by atoms with Crippen LogP contribution in [0.5, 0.6) is 0 Å². The average molecular weight is 544 g/mol. The van der Waals surface area contributed by atoms with Crippen LogP contribution in [-0.4, -0.2) is 59.6 Å². The molecule has 1 aromatic carbocycles. The molecule has 1 aliphatic carbocycles. The molecule has 3 atom stereocenters. The first kappa shape index (κ1) is 31.9. The normalized spacial score (nSPS) is 15.6. The Morgan fingerprint density at radius 3 is 2.41 bits per heavy atom. The van der Waals surface area contributed by atoms with E-state index in [0.717, 1.165) is 24.8 Å². The summed E-state index contributed by atoms with van der Waals surface area (Å²) in [5.74, 6) is -1.36. The van der Waals surface area contributed by atoms with Crippen LogP contribution in [0.2, 0.25) is 0 Å². The van der Waals surface area contributed by atoms with Crippen LogP contribution in [0.15, 0.2) is 30.8 Å². The quantitative estimate of drug-likeness (QED) is 0.347. The molecule has 0 heterocycles. The Balaban J connectivity index is 2.47. The highest BCUT2D eigenvalue weighted by atomic mass is 16.6. The fourth-order valence-corrected chi connectivity index (χ4v) is 4.37. The van der Waals surface area contributed by atoms with Crippen molar-refractivity contribution >= 4 is 30.0 Å². The summed E-state index contributed by atoms with van der Waals surface area (Å²) in [6.07, 6.45) is 4.09. The minimum absolute atomic E-state index is 0.0199. The van der Waals surface area contributed by atoms with E-state index in [1.165, 1.54) is 0 Å². The van der Waals surface area contributed by atoms with E-state index in [-0.39, 0.29) is 37.4 Å². The molecule has 216 valence electrons. The molecule has 0 bridgehead atoms. The fourth-order valence-electron chi connectivity index (χ4n) is 4.37. The summed E-state index contributed by atoms with van der Waals surface area (Å²) in [6.45, 7) is 15.0. The number of alkyl carbamates (subject to hydrolysis) is 1. The van der Waals surface area contributed by atoms with Gasteiger partial charge >= 0.3 is 12.1 Å². The van der Waals surface area contributed by atoms with E-state index in [4.69, 9.17) is 9.47 Å². The number of nitrogens with one attached hydrogen (secondary N) is 2. The van der Waals surface area contributed by atoms with E-state index in [0.29, 0.717) is 12.0 Å². The first-order chi connectivity index (χ1) is 18.4. The van der Waals surface area contributed by atoms with Gasteiger partial charge in [-0.2, -0.15) is 0 Å². The number of hydrogen-bond donors (Lipinski definition) is 2. The molecule has 2 rings (SSSR count). The molecule has 9 nitrogen and oxygen atoms in total. The molecule has 2 N–H and O–H groups in total. The molecule has 1 aliphatic rings. The van der Waals surface area contributed by atoms with Crippen LogP contribution < -0.4 is 10.6 Å². The van der Waals surface area contributed by atoms with Crippen molar-refractivity contribution in [2.75, 3.05) is 13.2 Å². The van der Waals surface area contributed by atoms with Gasteiger partial charge in [-0.1, -0.05) is 51.1 Å². The van der Waals surface area contributed by atoms with Crippen LogP contribution in [-0.2, 0) is 23.9 Å². The SMILES string of the molecule is C=Cc1cccc(C(C(=O)NCCC(=O)OCC)N(C(=O)C(NC(=O)OC(C)(C)C)C(C)CC)C2CCC2)c1. The van der Waals surface area contributed by atoms with Crippen LogP contribution in [0.3, 0.4) is 0 Å². The number of ether oxygens (including phenoxy) is 2. The van der Waals surface area contributed by atoms with Gasteiger partial charge in [0, 0.05) is 12.6 Å². The summed E-state index contributed by atoms with van der Waals surface area (Å²) < 4.78 is 10.4. The molecule has 1 aromatic rings. The van der Waals surface area contributed by atoms with Crippen molar-refractivity contribution < 1.29 is 28.7 Å². The van der Waals surface area contributed by atoms with E-state index in [9.17, 15) is 19.2 Å². The number of nitrogens with zero attached hydrogens (tertiary/aromatic N) is 1. The molecule has 0 radical (unpaired) electrons. The largest absolute Gasteiger partial charge is 0.466 e. The topological polar surface area (TPSA) is 114 Å². The maximum Gasteiger partial charge on any atom is 0.408 e. The molecule has 0 aromatic heterocycles. The number of hydrogen-bond acceptors (Lipinski definition) is 6. The summed E-state index contributed by atoms with van der Waals surface area (Å²) in [5.41, 5.74) is 0.706. The molecule has 3 unspecified atom stereocenters. The van der Waals surface area contributed by atoms with Crippen LogP contribution in [0, 0.1) is 5.92 Å². The van der Waals surface area contributed by atoms with Crippen molar-refractivity contribution in [3.63, 3.8) is 0 Å². The van der Waals surface area contributed by atoms with E-state index in [1.54, 1.807) is 44.7 Å². The second-order valence-electron chi connectivity index (χ2n) is 11.0. The highest BCUT2D eigenvalue weighted by Crippen LogP contribution is 2.35. The molecule has 1 fully saturated rings. The Morgan fingerprint density at radius 2 is 1.87 bits per heavy atom. The molecule has 39 heavy (non-hydrogen) atoms. The highest BCUT2D eigenvalue weighted by molar-refractivity contribution is 5.93. The van der Waals surface area contributed by atoms with Crippen molar-refractivity contribution in [3.8, 4) is 0 Å². The number of carbonyl (C=O) groups excluding carboxylic acids is 4. The van der Waals surface area contributed by atoms with Crippen molar-refractivity contribution in [1.29, 1.82) is 0 Å². The van der Waals surface area contributed by atoms with Crippen molar-refractivity contribution in [3.05, 3.63) is 42.0 Å². The molecular formula is C30H45N3O6. The summed E-state index contributed by atoms with van der Waals surface area (Å²) in [4.78, 5) is 54.3. The number of rotatable bonds is 13. The van der Waals surface area contributed by atoms with E-state index >= 15 is 0 Å². The van der Waals surface area contributed by atoms with Gasteiger partial charge in [0.2, 0.25) is 11.8 Å². The maximum atomic E-state index is 14.3. The van der Waals surface area contributed by atoms with Gasteiger partial charge in [-0.15, -0.1) is 0 Å². The molecule has 0 saturated heterocycles. The van der Waals surface area contributed by atoms with Gasteiger partial charge in [-0.05, 0) is 70.1 Å². The van der Waals surface area contributed by atoms with Crippen LogP contribution in [0.25, 0.3) is 6.08 Å². The van der Waals surface area contributed by atoms with Gasteiger partial charge in [0.25, 0.3) is 0 Å². The van der Waals surface area contributed by atoms with Gasteiger partial charge in [0.05, 0.1) is 13.0 Å². The van der Waals surface area contributed by atoms with Gasteiger partial charge in [-0.3, -0.25) is 14.4 Å². The lowest BCUT2D eigenvalue weighted by Gasteiger charge is -2.44. The van der Waals surface area contributed by atoms with Gasteiger partial charge < -0.3 is 25.0 Å². The zero-order chi connectivity index (χ0) is 29.2. The molecule has 9 heteroatoms. The summed E-state index contributed by atoms with van der Waals surface area (Å²) in [7, 11) is 0. The summed E-state index contributed by atoms with van der Waals surface area (Å²) in [5, 5.41) is 5.61. The Labute approximate surface area is 232 Å². The monoisotopic (exact) mass is 543 g/mol. The third-order valence-corrected chi connectivity index (χ3v) is 6.80. The van der Waals surface area contributed by atoms with Crippen LogP contribution in [0.1, 0.15) is 90.8 Å². The zero-order valence-corrected chi connectivity index (χ0v) is 24.2. The first-order valence-electron chi connectivity index (χ1n) is 13.9. The third-order valence-electron chi connectivity index (χ3n) is 6.80. The molecule has 3 amide bonds. The summed E-state index contributed by atoms with van der Waals surface area (Å²) >= 11 is 0. The van der Waals surface area contributed by atoms with E-state index < -0.39 is 35.7 Å². The smallest absolute Gasteiger partial charge is 0.408 e. The Hall–Kier alpha value is -3.36. The van der Waals surface area contributed by atoms with Gasteiger partial charge in [-0.25, -0.2) is 4.79 Å². The number of amides is 3. The maximum absolute atomic E-state index is 14.3. The Bertz CT molecular complexity index is 1010. The third kappa shape index (κ3) is 9.41. The average Bonchev–Trinajstić information content (AvgIpc) is 2.84. The minimum Gasteiger partial charge on any atom is -0.466 e.